The van der Waals surface area contributed by atoms with Crippen LogP contribution in [0.3, 0.4) is 0 Å². The predicted molar refractivity (Wildman–Crippen MR) is 120 cm³/mol. The Morgan fingerprint density at radius 3 is 2.67 bits per heavy atom. The standard InChI is InChI=1S/C21H26N4O3S2/c1-5-24(6-2)30(27,28)19-13-17(11-10-15(19)3)23-20(26)16(4)29-21-22-14-18-9-7-8-12-25(18)21/h7-14,16H,5-6H2,1-4H3,(H,23,26). The summed E-state index contributed by atoms with van der Waals surface area (Å²) in [4.78, 5) is 17.3. The monoisotopic (exact) mass is 446 g/mol. The van der Waals surface area contributed by atoms with Crippen molar-refractivity contribution in [1.29, 1.82) is 0 Å². The lowest BCUT2D eigenvalue weighted by molar-refractivity contribution is -0.115. The fraction of sp³-hybridized carbons (Fsp3) is 0.333. The second-order valence-electron chi connectivity index (χ2n) is 6.86. The molecule has 0 spiro atoms. The summed E-state index contributed by atoms with van der Waals surface area (Å²) >= 11 is 1.35. The fourth-order valence-corrected chi connectivity index (χ4v) is 5.70. The van der Waals surface area contributed by atoms with Gasteiger partial charge in [0, 0.05) is 25.0 Å². The Kier molecular flexibility index (Phi) is 6.84. The lowest BCUT2D eigenvalue weighted by Gasteiger charge is -2.20. The molecule has 1 aromatic carbocycles. The highest BCUT2D eigenvalue weighted by Crippen LogP contribution is 2.26. The van der Waals surface area contributed by atoms with Crippen LogP contribution >= 0.6 is 11.8 Å². The molecule has 1 amide bonds. The number of hydrogen-bond donors (Lipinski definition) is 1. The normalized spacial score (nSPS) is 13.0. The van der Waals surface area contributed by atoms with Crippen LogP contribution in [0.25, 0.3) is 5.52 Å². The van der Waals surface area contributed by atoms with Gasteiger partial charge in [-0.25, -0.2) is 13.4 Å². The van der Waals surface area contributed by atoms with Crippen molar-refractivity contribution < 1.29 is 13.2 Å². The van der Waals surface area contributed by atoms with Gasteiger partial charge in [0.05, 0.1) is 21.9 Å². The molecule has 0 bridgehead atoms. The highest BCUT2D eigenvalue weighted by atomic mass is 32.2. The van der Waals surface area contributed by atoms with Crippen molar-refractivity contribution in [2.75, 3.05) is 18.4 Å². The summed E-state index contributed by atoms with van der Waals surface area (Å²) < 4.78 is 29.2. The molecule has 0 aliphatic rings. The Labute approximate surface area is 181 Å². The number of hydrogen-bond acceptors (Lipinski definition) is 5. The van der Waals surface area contributed by atoms with E-state index in [1.54, 1.807) is 46.0 Å². The molecule has 0 saturated heterocycles. The SMILES string of the molecule is CCN(CC)S(=O)(=O)c1cc(NC(=O)C(C)Sc2ncc3ccccn23)ccc1C. The molecule has 0 fully saturated rings. The van der Waals surface area contributed by atoms with Gasteiger partial charge in [0.25, 0.3) is 0 Å². The summed E-state index contributed by atoms with van der Waals surface area (Å²) in [5.41, 5.74) is 2.06. The molecule has 0 radical (unpaired) electrons. The minimum absolute atomic E-state index is 0.212. The first kappa shape index (κ1) is 22.3. The van der Waals surface area contributed by atoms with Gasteiger partial charge in [-0.1, -0.05) is 37.7 Å². The van der Waals surface area contributed by atoms with Crippen LogP contribution in [-0.2, 0) is 14.8 Å². The second-order valence-corrected chi connectivity index (χ2v) is 10.1. The highest BCUT2D eigenvalue weighted by molar-refractivity contribution is 8.00. The van der Waals surface area contributed by atoms with Crippen molar-refractivity contribution in [3.05, 3.63) is 54.4 Å². The molecule has 30 heavy (non-hydrogen) atoms. The lowest BCUT2D eigenvalue weighted by atomic mass is 10.2. The number of amides is 1. The van der Waals surface area contributed by atoms with E-state index < -0.39 is 15.3 Å². The van der Waals surface area contributed by atoms with Gasteiger partial charge in [-0.05, 0) is 43.7 Å². The van der Waals surface area contributed by atoms with Gasteiger partial charge in [-0.3, -0.25) is 9.20 Å². The second kappa shape index (κ2) is 9.20. The van der Waals surface area contributed by atoms with E-state index in [0.29, 0.717) is 24.3 Å². The van der Waals surface area contributed by atoms with Gasteiger partial charge in [0.1, 0.15) is 0 Å². The zero-order valence-electron chi connectivity index (χ0n) is 17.5. The van der Waals surface area contributed by atoms with Crippen LogP contribution in [0.5, 0.6) is 0 Å². The van der Waals surface area contributed by atoms with Gasteiger partial charge in [0.15, 0.2) is 5.16 Å². The molecule has 1 atom stereocenters. The van der Waals surface area contributed by atoms with Crippen molar-refractivity contribution in [3.8, 4) is 0 Å². The molecule has 3 rings (SSSR count). The third kappa shape index (κ3) is 4.53. The Morgan fingerprint density at radius 1 is 1.23 bits per heavy atom. The fourth-order valence-electron chi connectivity index (χ4n) is 3.12. The number of nitrogens with zero attached hydrogens (tertiary/aromatic N) is 3. The van der Waals surface area contributed by atoms with E-state index in [1.807, 2.05) is 28.8 Å². The summed E-state index contributed by atoms with van der Waals surface area (Å²) in [5.74, 6) is -0.220. The van der Waals surface area contributed by atoms with Crippen molar-refractivity contribution >= 4 is 38.9 Å². The third-order valence-electron chi connectivity index (χ3n) is 4.84. The molecule has 0 aliphatic carbocycles. The van der Waals surface area contributed by atoms with Crippen LogP contribution in [0.2, 0.25) is 0 Å². The largest absolute Gasteiger partial charge is 0.325 e. The van der Waals surface area contributed by atoms with Crippen LogP contribution in [0.1, 0.15) is 26.3 Å². The summed E-state index contributed by atoms with van der Waals surface area (Å²) in [6, 6.07) is 10.8. The van der Waals surface area contributed by atoms with Gasteiger partial charge in [-0.15, -0.1) is 0 Å². The maximum Gasteiger partial charge on any atom is 0.243 e. The summed E-state index contributed by atoms with van der Waals surface area (Å²) in [6.07, 6.45) is 3.66. The van der Waals surface area contributed by atoms with E-state index in [0.717, 1.165) is 10.7 Å². The third-order valence-corrected chi connectivity index (χ3v) is 8.11. The topological polar surface area (TPSA) is 83.8 Å². The van der Waals surface area contributed by atoms with Gasteiger partial charge in [0.2, 0.25) is 15.9 Å². The van der Waals surface area contributed by atoms with E-state index in [1.165, 1.54) is 22.1 Å². The molecule has 1 N–H and O–H groups in total. The van der Waals surface area contributed by atoms with E-state index >= 15 is 0 Å². The number of fused-ring (bicyclic) bond motifs is 1. The number of benzene rings is 1. The van der Waals surface area contributed by atoms with Crippen LogP contribution in [0.15, 0.2) is 58.8 Å². The first-order valence-corrected chi connectivity index (χ1v) is 12.1. The minimum Gasteiger partial charge on any atom is -0.325 e. The molecular weight excluding hydrogens is 420 g/mol. The number of thioether (sulfide) groups is 1. The van der Waals surface area contributed by atoms with Crippen LogP contribution in [0.4, 0.5) is 5.69 Å². The van der Waals surface area contributed by atoms with Gasteiger partial charge < -0.3 is 5.32 Å². The van der Waals surface area contributed by atoms with Crippen molar-refractivity contribution in [1.82, 2.24) is 13.7 Å². The van der Waals surface area contributed by atoms with Crippen molar-refractivity contribution in [2.24, 2.45) is 0 Å². The molecule has 0 aliphatic heterocycles. The zero-order chi connectivity index (χ0) is 21.9. The quantitative estimate of drug-likeness (QED) is 0.532. The Bertz CT molecular complexity index is 1150. The number of aryl methyl sites for hydroxylation is 1. The Morgan fingerprint density at radius 2 is 1.97 bits per heavy atom. The first-order chi connectivity index (χ1) is 14.3. The number of carbonyl (C=O) groups is 1. The molecule has 9 heteroatoms. The van der Waals surface area contributed by atoms with E-state index in [-0.39, 0.29) is 10.8 Å². The average molecular weight is 447 g/mol. The van der Waals surface area contributed by atoms with Gasteiger partial charge >= 0.3 is 0 Å². The predicted octanol–water partition coefficient (Wildman–Crippen LogP) is 3.79. The lowest BCUT2D eigenvalue weighted by Crippen LogP contribution is -2.31. The van der Waals surface area contributed by atoms with E-state index in [9.17, 15) is 13.2 Å². The number of aromatic nitrogens is 2. The highest BCUT2D eigenvalue weighted by Gasteiger charge is 2.24. The van der Waals surface area contributed by atoms with E-state index in [4.69, 9.17) is 0 Å². The summed E-state index contributed by atoms with van der Waals surface area (Å²) in [6.45, 7) is 7.94. The number of sulfonamides is 1. The molecule has 2 heterocycles. The number of nitrogens with one attached hydrogen (secondary N) is 1. The number of rotatable bonds is 8. The summed E-state index contributed by atoms with van der Waals surface area (Å²) in [5, 5.41) is 3.14. The number of carbonyl (C=O) groups excluding carboxylic acids is 1. The molecular formula is C21H26N4O3S2. The van der Waals surface area contributed by atoms with Crippen LogP contribution < -0.4 is 5.32 Å². The molecule has 3 aromatic rings. The molecule has 1 unspecified atom stereocenters. The van der Waals surface area contributed by atoms with Crippen molar-refractivity contribution in [2.45, 2.75) is 43.0 Å². The average Bonchev–Trinajstić information content (AvgIpc) is 3.13. The molecule has 0 saturated carbocycles. The molecule has 2 aromatic heterocycles. The van der Waals surface area contributed by atoms with E-state index in [2.05, 4.69) is 10.3 Å². The molecule has 160 valence electrons. The van der Waals surface area contributed by atoms with Crippen molar-refractivity contribution in [3.63, 3.8) is 0 Å². The molecule has 7 nitrogen and oxygen atoms in total. The minimum atomic E-state index is -3.61. The maximum atomic E-state index is 12.9. The number of imidazole rings is 1. The van der Waals surface area contributed by atoms with Crippen LogP contribution in [0, 0.1) is 6.92 Å². The Balaban J connectivity index is 1.78. The Hall–Kier alpha value is -2.36. The number of anilines is 1. The summed E-state index contributed by atoms with van der Waals surface area (Å²) in [7, 11) is -3.61. The number of pyridine rings is 1. The maximum absolute atomic E-state index is 12.9. The first-order valence-electron chi connectivity index (χ1n) is 9.78. The van der Waals surface area contributed by atoms with Crippen LogP contribution in [-0.4, -0.2) is 46.4 Å². The zero-order valence-corrected chi connectivity index (χ0v) is 19.1. The van der Waals surface area contributed by atoms with Gasteiger partial charge in [-0.2, -0.15) is 4.31 Å². The smallest absolute Gasteiger partial charge is 0.243 e.